The van der Waals surface area contributed by atoms with Gasteiger partial charge in [0.25, 0.3) is 5.91 Å². The summed E-state index contributed by atoms with van der Waals surface area (Å²) in [5.74, 6) is 0.00528. The van der Waals surface area contributed by atoms with Crippen molar-refractivity contribution in [3.05, 3.63) is 77.1 Å². The lowest BCUT2D eigenvalue weighted by Crippen LogP contribution is -2.35. The van der Waals surface area contributed by atoms with E-state index in [1.54, 1.807) is 65.5 Å². The van der Waals surface area contributed by atoms with Crippen LogP contribution in [0.5, 0.6) is 11.5 Å². The van der Waals surface area contributed by atoms with Gasteiger partial charge in [-0.05, 0) is 36.4 Å². The van der Waals surface area contributed by atoms with Crippen LogP contribution < -0.4 is 14.8 Å². The number of carbonyl (C=O) groups is 2. The number of esters is 1. The zero-order valence-corrected chi connectivity index (χ0v) is 18.7. The highest BCUT2D eigenvalue weighted by atomic mass is 35.5. The Morgan fingerprint density at radius 2 is 1.94 bits per heavy atom. The SMILES string of the molecule is COc1cc(-c2nccc(-c3cc4n(n3)CCNC4=O)n2)cc(Cl)c1OC(=O)c1ccccc1. The van der Waals surface area contributed by atoms with Gasteiger partial charge in [0.05, 0.1) is 29.9 Å². The summed E-state index contributed by atoms with van der Waals surface area (Å²) in [6.07, 6.45) is 1.60. The number of fused-ring (bicyclic) bond motifs is 1. The van der Waals surface area contributed by atoms with Crippen LogP contribution in [0.2, 0.25) is 5.02 Å². The first kappa shape index (κ1) is 21.6. The van der Waals surface area contributed by atoms with Gasteiger partial charge in [0.15, 0.2) is 17.3 Å². The van der Waals surface area contributed by atoms with Crippen LogP contribution in [-0.4, -0.2) is 45.3 Å². The van der Waals surface area contributed by atoms with Crippen LogP contribution >= 0.6 is 11.6 Å². The van der Waals surface area contributed by atoms with Gasteiger partial charge in [0.2, 0.25) is 0 Å². The maximum absolute atomic E-state index is 12.5. The predicted molar refractivity (Wildman–Crippen MR) is 124 cm³/mol. The van der Waals surface area contributed by atoms with Crippen LogP contribution in [0.15, 0.2) is 60.8 Å². The summed E-state index contributed by atoms with van der Waals surface area (Å²) in [6, 6.07) is 15.2. The lowest BCUT2D eigenvalue weighted by molar-refractivity contribution is 0.0729. The molecule has 0 saturated heterocycles. The molecule has 3 heterocycles. The number of nitrogens with one attached hydrogen (secondary N) is 1. The Labute approximate surface area is 199 Å². The van der Waals surface area contributed by atoms with Crippen molar-refractivity contribution >= 4 is 23.5 Å². The fourth-order valence-corrected chi connectivity index (χ4v) is 3.82. The van der Waals surface area contributed by atoms with Crippen molar-refractivity contribution in [1.29, 1.82) is 0 Å². The molecule has 1 aliphatic rings. The Morgan fingerprint density at radius 1 is 1.12 bits per heavy atom. The van der Waals surface area contributed by atoms with Gasteiger partial charge >= 0.3 is 5.97 Å². The van der Waals surface area contributed by atoms with Crippen molar-refractivity contribution < 1.29 is 19.1 Å². The lowest BCUT2D eigenvalue weighted by Gasteiger charge is -2.13. The van der Waals surface area contributed by atoms with Crippen molar-refractivity contribution in [2.75, 3.05) is 13.7 Å². The van der Waals surface area contributed by atoms with Gasteiger partial charge in [-0.2, -0.15) is 5.10 Å². The first-order valence-corrected chi connectivity index (χ1v) is 10.8. The molecule has 170 valence electrons. The summed E-state index contributed by atoms with van der Waals surface area (Å²) in [6.45, 7) is 1.12. The van der Waals surface area contributed by atoms with Gasteiger partial charge in [0, 0.05) is 18.3 Å². The Morgan fingerprint density at radius 3 is 2.71 bits per heavy atom. The number of aromatic nitrogens is 4. The molecule has 0 unspecified atom stereocenters. The van der Waals surface area contributed by atoms with Gasteiger partial charge < -0.3 is 14.8 Å². The van der Waals surface area contributed by atoms with Gasteiger partial charge in [-0.15, -0.1) is 0 Å². The normalized spacial score (nSPS) is 12.6. The molecule has 1 aliphatic heterocycles. The molecule has 0 bridgehead atoms. The minimum absolute atomic E-state index is 0.103. The molecule has 9 nitrogen and oxygen atoms in total. The number of methoxy groups -OCH3 is 1. The van der Waals surface area contributed by atoms with Crippen LogP contribution in [0.25, 0.3) is 22.8 Å². The summed E-state index contributed by atoms with van der Waals surface area (Å²) < 4.78 is 12.6. The molecular weight excluding hydrogens is 458 g/mol. The highest BCUT2D eigenvalue weighted by molar-refractivity contribution is 6.32. The zero-order valence-electron chi connectivity index (χ0n) is 18.0. The Bertz CT molecular complexity index is 1400. The predicted octanol–water partition coefficient (Wildman–Crippen LogP) is 3.63. The highest BCUT2D eigenvalue weighted by Gasteiger charge is 2.22. The van der Waals surface area contributed by atoms with Crippen molar-refractivity contribution in [2.45, 2.75) is 6.54 Å². The molecule has 1 N–H and O–H groups in total. The van der Waals surface area contributed by atoms with E-state index in [4.69, 9.17) is 21.1 Å². The van der Waals surface area contributed by atoms with E-state index in [1.807, 2.05) is 0 Å². The van der Waals surface area contributed by atoms with E-state index < -0.39 is 5.97 Å². The maximum atomic E-state index is 12.5. The van der Waals surface area contributed by atoms with Gasteiger partial charge in [-0.1, -0.05) is 29.8 Å². The number of halogens is 1. The largest absolute Gasteiger partial charge is 0.493 e. The minimum atomic E-state index is -0.556. The fourth-order valence-electron chi connectivity index (χ4n) is 3.58. The molecule has 0 spiro atoms. The molecular formula is C24H18ClN5O4. The van der Waals surface area contributed by atoms with E-state index in [9.17, 15) is 9.59 Å². The third-order valence-electron chi connectivity index (χ3n) is 5.23. The molecule has 5 rings (SSSR count). The third kappa shape index (κ3) is 4.08. The van der Waals surface area contributed by atoms with Crippen molar-refractivity contribution in [1.82, 2.24) is 25.1 Å². The molecule has 0 atom stereocenters. The Kier molecular flexibility index (Phi) is 5.69. The average molecular weight is 476 g/mol. The van der Waals surface area contributed by atoms with Crippen LogP contribution in [0.1, 0.15) is 20.8 Å². The smallest absolute Gasteiger partial charge is 0.343 e. The molecule has 1 amide bonds. The van der Waals surface area contributed by atoms with Gasteiger partial charge in [0.1, 0.15) is 11.4 Å². The molecule has 4 aromatic rings. The number of nitrogens with zero attached hydrogens (tertiary/aromatic N) is 4. The van der Waals surface area contributed by atoms with Crippen LogP contribution in [0, 0.1) is 0 Å². The van der Waals surface area contributed by atoms with Crippen LogP contribution in [-0.2, 0) is 6.54 Å². The maximum Gasteiger partial charge on any atom is 0.343 e. The van der Waals surface area contributed by atoms with Gasteiger partial charge in [-0.3, -0.25) is 9.48 Å². The monoisotopic (exact) mass is 475 g/mol. The van der Waals surface area contributed by atoms with E-state index >= 15 is 0 Å². The van der Waals surface area contributed by atoms with E-state index in [-0.39, 0.29) is 22.4 Å². The number of hydrogen-bond donors (Lipinski definition) is 1. The minimum Gasteiger partial charge on any atom is -0.493 e. The van der Waals surface area contributed by atoms with Crippen molar-refractivity contribution in [3.8, 4) is 34.3 Å². The molecule has 2 aromatic carbocycles. The molecule has 0 radical (unpaired) electrons. The Balaban J connectivity index is 1.47. The molecule has 0 saturated carbocycles. The van der Waals surface area contributed by atoms with E-state index in [0.717, 1.165) is 0 Å². The molecule has 34 heavy (non-hydrogen) atoms. The number of rotatable bonds is 5. The molecule has 2 aromatic heterocycles. The van der Waals surface area contributed by atoms with E-state index in [1.165, 1.54) is 7.11 Å². The van der Waals surface area contributed by atoms with Crippen molar-refractivity contribution in [2.24, 2.45) is 0 Å². The summed E-state index contributed by atoms with van der Waals surface area (Å²) in [4.78, 5) is 33.5. The summed E-state index contributed by atoms with van der Waals surface area (Å²) in [5.41, 5.74) is 2.54. The number of carbonyl (C=O) groups excluding carboxylic acids is 2. The topological polar surface area (TPSA) is 108 Å². The third-order valence-corrected chi connectivity index (χ3v) is 5.51. The second kappa shape index (κ2) is 8.95. The first-order chi connectivity index (χ1) is 16.5. The van der Waals surface area contributed by atoms with E-state index in [0.29, 0.717) is 47.1 Å². The standard InChI is InChI=1S/C24H18ClN5O4/c1-33-20-12-15(11-16(25)21(20)34-24(32)14-5-3-2-4-6-14)22-26-8-7-17(28-22)18-13-19-23(31)27-9-10-30(19)29-18/h2-8,11-13H,9-10H2,1H3,(H,27,31). The lowest BCUT2D eigenvalue weighted by atomic mass is 10.1. The molecule has 0 fully saturated rings. The summed E-state index contributed by atoms with van der Waals surface area (Å²) in [7, 11) is 1.45. The number of hydrogen-bond acceptors (Lipinski definition) is 7. The van der Waals surface area contributed by atoms with Gasteiger partial charge in [-0.25, -0.2) is 14.8 Å². The molecule has 10 heteroatoms. The zero-order chi connectivity index (χ0) is 23.7. The number of ether oxygens (including phenoxy) is 2. The first-order valence-electron chi connectivity index (χ1n) is 10.4. The van der Waals surface area contributed by atoms with Crippen LogP contribution in [0.3, 0.4) is 0 Å². The van der Waals surface area contributed by atoms with E-state index in [2.05, 4.69) is 20.4 Å². The number of amides is 1. The van der Waals surface area contributed by atoms with Crippen molar-refractivity contribution in [3.63, 3.8) is 0 Å². The second-order valence-corrected chi connectivity index (χ2v) is 7.81. The second-order valence-electron chi connectivity index (χ2n) is 7.40. The van der Waals surface area contributed by atoms with Crippen LogP contribution in [0.4, 0.5) is 0 Å². The fraction of sp³-hybridized carbons (Fsp3) is 0.125. The number of benzene rings is 2. The molecule has 0 aliphatic carbocycles. The highest BCUT2D eigenvalue weighted by Crippen LogP contribution is 2.39. The summed E-state index contributed by atoms with van der Waals surface area (Å²) >= 11 is 6.46. The summed E-state index contributed by atoms with van der Waals surface area (Å²) in [5, 5.41) is 7.45. The quantitative estimate of drug-likeness (QED) is 0.347. The average Bonchev–Trinajstić information content (AvgIpc) is 3.31. The Hall–Kier alpha value is -4.24.